The maximum Gasteiger partial charge on any atom is 0.310 e. The molecule has 0 aliphatic carbocycles. The summed E-state index contributed by atoms with van der Waals surface area (Å²) in [4.78, 5) is 16.0. The molecule has 2 aromatic carbocycles. The van der Waals surface area contributed by atoms with Crippen molar-refractivity contribution in [3.63, 3.8) is 0 Å². The number of aromatic nitrogens is 2. The minimum atomic E-state index is -0.652. The first-order valence-corrected chi connectivity index (χ1v) is 8.00. The first-order valence-electron chi connectivity index (χ1n) is 7.62. The van der Waals surface area contributed by atoms with Gasteiger partial charge < -0.3 is 14.0 Å². The number of esters is 1. The lowest BCUT2D eigenvalue weighted by Gasteiger charge is -2.05. The fourth-order valence-corrected chi connectivity index (χ4v) is 2.44. The second kappa shape index (κ2) is 7.97. The Morgan fingerprint density at radius 3 is 2.69 bits per heavy atom. The van der Waals surface area contributed by atoms with E-state index >= 15 is 0 Å². The van der Waals surface area contributed by atoms with Gasteiger partial charge in [-0.2, -0.15) is 4.98 Å². The highest BCUT2D eigenvalue weighted by Crippen LogP contribution is 2.21. The van der Waals surface area contributed by atoms with E-state index in [-0.39, 0.29) is 29.5 Å². The van der Waals surface area contributed by atoms with Crippen LogP contribution in [0.4, 0.5) is 4.39 Å². The van der Waals surface area contributed by atoms with E-state index in [1.807, 2.05) is 0 Å². The van der Waals surface area contributed by atoms with Gasteiger partial charge in [-0.25, -0.2) is 4.39 Å². The fraction of sp³-hybridized carbons (Fsp3) is 0.167. The van der Waals surface area contributed by atoms with Gasteiger partial charge in [-0.05, 0) is 36.4 Å². The van der Waals surface area contributed by atoms with E-state index in [1.54, 1.807) is 31.4 Å². The van der Waals surface area contributed by atoms with Gasteiger partial charge in [0.2, 0.25) is 5.82 Å². The van der Waals surface area contributed by atoms with Gasteiger partial charge in [0, 0.05) is 16.1 Å². The second-order valence-corrected chi connectivity index (χ2v) is 5.69. The quantitative estimate of drug-likeness (QED) is 0.609. The van der Waals surface area contributed by atoms with Gasteiger partial charge in [0.15, 0.2) is 6.61 Å². The zero-order chi connectivity index (χ0) is 18.5. The number of halogens is 2. The van der Waals surface area contributed by atoms with E-state index in [0.29, 0.717) is 11.6 Å². The van der Waals surface area contributed by atoms with Crippen LogP contribution in [0.3, 0.4) is 0 Å². The molecule has 3 aromatic rings. The zero-order valence-corrected chi connectivity index (χ0v) is 14.5. The average Bonchev–Trinajstić information content (AvgIpc) is 3.12. The fourth-order valence-electron chi connectivity index (χ4n) is 2.21. The molecule has 0 saturated carbocycles. The summed E-state index contributed by atoms with van der Waals surface area (Å²) in [6.45, 7) is -0.214. The summed E-state index contributed by atoms with van der Waals surface area (Å²) < 4.78 is 28.9. The molecule has 0 aliphatic rings. The molecule has 26 heavy (non-hydrogen) atoms. The number of carbonyl (C=O) groups is 1. The molecule has 0 saturated heterocycles. The minimum absolute atomic E-state index is 0.0867. The molecule has 3 rings (SSSR count). The topological polar surface area (TPSA) is 74.5 Å². The van der Waals surface area contributed by atoms with Crippen LogP contribution in [0, 0.1) is 5.82 Å². The Hall–Kier alpha value is -2.93. The molecule has 0 aliphatic heterocycles. The Morgan fingerprint density at radius 2 is 2.00 bits per heavy atom. The highest BCUT2D eigenvalue weighted by atomic mass is 35.5. The summed E-state index contributed by atoms with van der Waals surface area (Å²) >= 11 is 5.89. The largest absolute Gasteiger partial charge is 0.497 e. The van der Waals surface area contributed by atoms with Crippen molar-refractivity contribution in [2.24, 2.45) is 0 Å². The smallest absolute Gasteiger partial charge is 0.310 e. The Kier molecular flexibility index (Phi) is 5.48. The van der Waals surface area contributed by atoms with Gasteiger partial charge in [-0.15, -0.1) is 0 Å². The molecule has 1 heterocycles. The van der Waals surface area contributed by atoms with E-state index in [1.165, 1.54) is 18.2 Å². The van der Waals surface area contributed by atoms with Crippen molar-refractivity contribution in [1.29, 1.82) is 0 Å². The normalized spacial score (nSPS) is 10.6. The minimum Gasteiger partial charge on any atom is -0.497 e. The zero-order valence-electron chi connectivity index (χ0n) is 13.7. The lowest BCUT2D eigenvalue weighted by atomic mass is 10.1. The molecule has 0 bridgehead atoms. The number of ether oxygens (including phenoxy) is 2. The SMILES string of the molecule is COc1ccc(-c2noc(COC(=O)Cc3c(F)cccc3Cl)n2)cc1. The van der Waals surface area contributed by atoms with Crippen LogP contribution in [-0.4, -0.2) is 23.2 Å². The average molecular weight is 377 g/mol. The molecule has 134 valence electrons. The van der Waals surface area contributed by atoms with Crippen LogP contribution < -0.4 is 4.74 Å². The number of hydrogen-bond donors (Lipinski definition) is 0. The summed E-state index contributed by atoms with van der Waals surface area (Å²) in [7, 11) is 1.57. The van der Waals surface area contributed by atoms with Crippen LogP contribution >= 0.6 is 11.6 Å². The summed E-state index contributed by atoms with van der Waals surface area (Å²) in [5.41, 5.74) is 0.814. The Labute approximate surface area is 153 Å². The van der Waals surface area contributed by atoms with Crippen LogP contribution in [-0.2, 0) is 22.6 Å². The molecule has 0 atom stereocenters. The standard InChI is InChI=1S/C18H14ClFN2O4/c1-24-12-7-5-11(6-8-12)18-21-16(26-22-18)10-25-17(23)9-13-14(19)3-2-4-15(13)20/h2-8H,9-10H2,1H3. The van der Waals surface area contributed by atoms with Crippen molar-refractivity contribution in [2.45, 2.75) is 13.0 Å². The van der Waals surface area contributed by atoms with Crippen LogP contribution in [0.25, 0.3) is 11.4 Å². The Balaban J connectivity index is 1.60. The van der Waals surface area contributed by atoms with Gasteiger partial charge in [0.05, 0.1) is 13.5 Å². The number of hydrogen-bond acceptors (Lipinski definition) is 6. The second-order valence-electron chi connectivity index (χ2n) is 5.28. The molecular formula is C18H14ClFN2O4. The first-order chi connectivity index (χ1) is 12.6. The van der Waals surface area contributed by atoms with Crippen molar-refractivity contribution in [3.05, 3.63) is 64.8 Å². The van der Waals surface area contributed by atoms with Crippen molar-refractivity contribution in [2.75, 3.05) is 7.11 Å². The molecule has 0 radical (unpaired) electrons. The number of rotatable bonds is 6. The maximum absolute atomic E-state index is 13.7. The van der Waals surface area contributed by atoms with Gasteiger partial charge in [0.25, 0.3) is 5.89 Å². The van der Waals surface area contributed by atoms with Gasteiger partial charge in [0.1, 0.15) is 11.6 Å². The summed E-state index contributed by atoms with van der Waals surface area (Å²) in [6.07, 6.45) is -0.287. The third-order valence-corrected chi connectivity index (χ3v) is 3.91. The molecule has 0 amide bonds. The lowest BCUT2D eigenvalue weighted by molar-refractivity contribution is -0.144. The van der Waals surface area contributed by atoms with Gasteiger partial charge in [-0.3, -0.25) is 4.79 Å². The van der Waals surface area contributed by atoms with E-state index < -0.39 is 11.8 Å². The van der Waals surface area contributed by atoms with Crippen LogP contribution in [0.15, 0.2) is 47.0 Å². The van der Waals surface area contributed by atoms with Crippen molar-refractivity contribution in [1.82, 2.24) is 10.1 Å². The summed E-state index contributed by atoms with van der Waals surface area (Å²) in [6, 6.07) is 11.3. The summed E-state index contributed by atoms with van der Waals surface area (Å²) in [5.74, 6) is -0.0203. The highest BCUT2D eigenvalue weighted by molar-refractivity contribution is 6.31. The van der Waals surface area contributed by atoms with Crippen LogP contribution in [0.2, 0.25) is 5.02 Å². The molecule has 0 N–H and O–H groups in total. The van der Waals surface area contributed by atoms with Gasteiger partial charge >= 0.3 is 5.97 Å². The number of nitrogens with zero attached hydrogens (tertiary/aromatic N) is 2. The number of methoxy groups -OCH3 is 1. The van der Waals surface area contributed by atoms with Crippen molar-refractivity contribution < 1.29 is 23.2 Å². The van der Waals surface area contributed by atoms with E-state index in [9.17, 15) is 9.18 Å². The Morgan fingerprint density at radius 1 is 1.23 bits per heavy atom. The maximum atomic E-state index is 13.7. The van der Waals surface area contributed by atoms with E-state index in [0.717, 1.165) is 5.56 Å². The monoisotopic (exact) mass is 376 g/mol. The Bertz CT molecular complexity index is 892. The van der Waals surface area contributed by atoms with Crippen molar-refractivity contribution in [3.8, 4) is 17.1 Å². The number of benzene rings is 2. The van der Waals surface area contributed by atoms with Gasteiger partial charge in [-0.1, -0.05) is 22.8 Å². The molecule has 0 unspecified atom stereocenters. The highest BCUT2D eigenvalue weighted by Gasteiger charge is 2.15. The predicted molar refractivity (Wildman–Crippen MR) is 91.2 cm³/mol. The molecule has 0 fully saturated rings. The van der Waals surface area contributed by atoms with E-state index in [4.69, 9.17) is 25.6 Å². The molecular weight excluding hydrogens is 363 g/mol. The molecule has 0 spiro atoms. The lowest BCUT2D eigenvalue weighted by Crippen LogP contribution is -2.09. The van der Waals surface area contributed by atoms with Crippen molar-refractivity contribution >= 4 is 17.6 Å². The predicted octanol–water partition coefficient (Wildman–Crippen LogP) is 3.82. The third kappa shape index (κ3) is 4.18. The summed E-state index contributed by atoms with van der Waals surface area (Å²) in [5, 5.41) is 4.00. The first kappa shape index (κ1) is 17.9. The molecule has 6 nitrogen and oxygen atoms in total. The van der Waals surface area contributed by atoms with Crippen LogP contribution in [0.1, 0.15) is 11.5 Å². The van der Waals surface area contributed by atoms with E-state index in [2.05, 4.69) is 10.1 Å². The molecule has 8 heteroatoms. The number of carbonyl (C=O) groups excluding carboxylic acids is 1. The molecule has 1 aromatic heterocycles. The van der Waals surface area contributed by atoms with Crippen LogP contribution in [0.5, 0.6) is 5.75 Å². The third-order valence-electron chi connectivity index (χ3n) is 3.56.